The normalized spacial score (nSPS) is 10.7. The van der Waals surface area contributed by atoms with Gasteiger partial charge in [0.05, 0.1) is 12.2 Å². The van der Waals surface area contributed by atoms with Gasteiger partial charge in [-0.1, -0.05) is 23.7 Å². The molecule has 4 nitrogen and oxygen atoms in total. The third-order valence-electron chi connectivity index (χ3n) is 3.24. The van der Waals surface area contributed by atoms with Crippen LogP contribution in [0.4, 0.5) is 0 Å². The number of nitrogens with one attached hydrogen (secondary N) is 1. The standard InChI is InChI=1S/C16H14ClN3O/c17-13-5-4-12-6-8-20(15(12)9-13)11-16(21)19-10-14-3-1-2-7-18-14/h1-9H,10-11H2,(H,19,21). The molecule has 0 atom stereocenters. The molecule has 21 heavy (non-hydrogen) atoms. The number of hydrogen-bond acceptors (Lipinski definition) is 2. The summed E-state index contributed by atoms with van der Waals surface area (Å²) in [7, 11) is 0. The Bertz CT molecular complexity index is 768. The minimum atomic E-state index is -0.0573. The third kappa shape index (κ3) is 3.23. The highest BCUT2D eigenvalue weighted by Gasteiger charge is 2.07. The van der Waals surface area contributed by atoms with Gasteiger partial charge in [-0.25, -0.2) is 0 Å². The number of aromatic nitrogens is 2. The van der Waals surface area contributed by atoms with Crippen LogP contribution in [-0.2, 0) is 17.9 Å². The lowest BCUT2D eigenvalue weighted by Crippen LogP contribution is -2.27. The number of benzene rings is 1. The first kappa shape index (κ1) is 13.6. The Morgan fingerprint density at radius 1 is 1.24 bits per heavy atom. The smallest absolute Gasteiger partial charge is 0.240 e. The number of halogens is 1. The van der Waals surface area contributed by atoms with Gasteiger partial charge in [-0.2, -0.15) is 0 Å². The van der Waals surface area contributed by atoms with Crippen LogP contribution in [0.25, 0.3) is 10.9 Å². The van der Waals surface area contributed by atoms with Gasteiger partial charge >= 0.3 is 0 Å². The Morgan fingerprint density at radius 2 is 2.14 bits per heavy atom. The first-order valence-corrected chi connectivity index (χ1v) is 7.01. The lowest BCUT2D eigenvalue weighted by atomic mass is 10.2. The van der Waals surface area contributed by atoms with Gasteiger partial charge in [0.15, 0.2) is 0 Å². The summed E-state index contributed by atoms with van der Waals surface area (Å²) in [4.78, 5) is 16.2. The molecule has 0 saturated heterocycles. The van der Waals surface area contributed by atoms with E-state index >= 15 is 0 Å². The van der Waals surface area contributed by atoms with E-state index in [4.69, 9.17) is 11.6 Å². The predicted octanol–water partition coefficient (Wildman–Crippen LogP) is 3.01. The number of fused-ring (bicyclic) bond motifs is 1. The van der Waals surface area contributed by atoms with E-state index in [1.165, 1.54) is 0 Å². The maximum absolute atomic E-state index is 12.0. The first-order valence-electron chi connectivity index (χ1n) is 6.63. The fraction of sp³-hybridized carbons (Fsp3) is 0.125. The molecule has 0 saturated carbocycles. The van der Waals surface area contributed by atoms with Crippen LogP contribution in [0.2, 0.25) is 5.02 Å². The van der Waals surface area contributed by atoms with Gasteiger partial charge in [0, 0.05) is 22.9 Å². The van der Waals surface area contributed by atoms with E-state index in [9.17, 15) is 4.79 Å². The summed E-state index contributed by atoms with van der Waals surface area (Å²) in [6.07, 6.45) is 3.60. The van der Waals surface area contributed by atoms with Crippen LogP contribution in [0.1, 0.15) is 5.69 Å². The molecule has 0 radical (unpaired) electrons. The maximum Gasteiger partial charge on any atom is 0.240 e. The highest BCUT2D eigenvalue weighted by molar-refractivity contribution is 6.31. The number of rotatable bonds is 4. The van der Waals surface area contributed by atoms with Crippen LogP contribution in [0.5, 0.6) is 0 Å². The second-order valence-electron chi connectivity index (χ2n) is 4.74. The van der Waals surface area contributed by atoms with E-state index in [2.05, 4.69) is 10.3 Å². The molecule has 106 valence electrons. The monoisotopic (exact) mass is 299 g/mol. The second-order valence-corrected chi connectivity index (χ2v) is 5.18. The summed E-state index contributed by atoms with van der Waals surface area (Å²) in [5.74, 6) is -0.0573. The zero-order valence-corrected chi connectivity index (χ0v) is 12.0. The van der Waals surface area contributed by atoms with Gasteiger partial charge in [-0.15, -0.1) is 0 Å². The molecule has 5 heteroatoms. The molecule has 3 aromatic rings. The van der Waals surface area contributed by atoms with Gasteiger partial charge in [0.2, 0.25) is 5.91 Å². The molecule has 3 rings (SSSR count). The van der Waals surface area contributed by atoms with E-state index in [1.807, 2.05) is 53.2 Å². The van der Waals surface area contributed by atoms with Crippen molar-refractivity contribution in [3.8, 4) is 0 Å². The van der Waals surface area contributed by atoms with Gasteiger partial charge in [0.1, 0.15) is 6.54 Å². The lowest BCUT2D eigenvalue weighted by molar-refractivity contribution is -0.121. The number of amides is 1. The number of carbonyl (C=O) groups is 1. The van der Waals surface area contributed by atoms with Crippen molar-refractivity contribution in [2.45, 2.75) is 13.1 Å². The quantitative estimate of drug-likeness (QED) is 0.805. The van der Waals surface area contributed by atoms with Crippen LogP contribution < -0.4 is 5.32 Å². The number of hydrogen-bond donors (Lipinski definition) is 1. The van der Waals surface area contributed by atoms with Gasteiger partial charge in [-0.05, 0) is 35.7 Å². The molecule has 0 unspecified atom stereocenters. The van der Waals surface area contributed by atoms with Crippen molar-refractivity contribution >= 4 is 28.4 Å². The maximum atomic E-state index is 12.0. The SMILES string of the molecule is O=C(Cn1ccc2ccc(Cl)cc21)NCc1ccccn1. The molecule has 0 spiro atoms. The Kier molecular flexibility index (Phi) is 3.88. The van der Waals surface area contributed by atoms with Crippen molar-refractivity contribution < 1.29 is 4.79 Å². The zero-order chi connectivity index (χ0) is 14.7. The van der Waals surface area contributed by atoms with Crippen LogP contribution in [0.3, 0.4) is 0 Å². The number of carbonyl (C=O) groups excluding carboxylic acids is 1. The first-order chi connectivity index (χ1) is 10.2. The Morgan fingerprint density at radius 3 is 2.95 bits per heavy atom. The summed E-state index contributed by atoms with van der Waals surface area (Å²) in [5.41, 5.74) is 1.79. The van der Waals surface area contributed by atoms with Crippen molar-refractivity contribution in [1.82, 2.24) is 14.9 Å². The Hall–Kier alpha value is -2.33. The predicted molar refractivity (Wildman–Crippen MR) is 83.0 cm³/mol. The van der Waals surface area contributed by atoms with Gasteiger partial charge in [-0.3, -0.25) is 9.78 Å². The highest BCUT2D eigenvalue weighted by Crippen LogP contribution is 2.20. The summed E-state index contributed by atoms with van der Waals surface area (Å²) in [6, 6.07) is 13.2. The highest BCUT2D eigenvalue weighted by atomic mass is 35.5. The van der Waals surface area contributed by atoms with E-state index in [0.717, 1.165) is 16.6 Å². The Balaban J connectivity index is 1.67. The molecule has 0 fully saturated rings. The molecule has 1 N–H and O–H groups in total. The van der Waals surface area contributed by atoms with Crippen molar-refractivity contribution in [2.24, 2.45) is 0 Å². The summed E-state index contributed by atoms with van der Waals surface area (Å²) in [6.45, 7) is 0.691. The Labute approximate surface area is 127 Å². The summed E-state index contributed by atoms with van der Waals surface area (Å²) < 4.78 is 1.88. The number of nitrogens with zero attached hydrogens (tertiary/aromatic N) is 2. The second kappa shape index (κ2) is 5.97. The molecule has 1 aromatic carbocycles. The molecule has 2 heterocycles. The van der Waals surface area contributed by atoms with Crippen LogP contribution >= 0.6 is 11.6 Å². The lowest BCUT2D eigenvalue weighted by Gasteiger charge is -2.07. The molecule has 1 amide bonds. The average molecular weight is 300 g/mol. The number of pyridine rings is 1. The van der Waals surface area contributed by atoms with E-state index < -0.39 is 0 Å². The molecular formula is C16H14ClN3O. The van der Waals surface area contributed by atoms with Crippen LogP contribution in [-0.4, -0.2) is 15.5 Å². The van der Waals surface area contributed by atoms with Crippen molar-refractivity contribution in [1.29, 1.82) is 0 Å². The largest absolute Gasteiger partial charge is 0.349 e. The fourth-order valence-electron chi connectivity index (χ4n) is 2.20. The zero-order valence-electron chi connectivity index (χ0n) is 11.3. The summed E-state index contributed by atoms with van der Waals surface area (Å²) in [5, 5.41) is 4.59. The minimum absolute atomic E-state index is 0.0573. The fourth-order valence-corrected chi connectivity index (χ4v) is 2.36. The average Bonchev–Trinajstić information content (AvgIpc) is 2.88. The van der Waals surface area contributed by atoms with E-state index in [1.54, 1.807) is 6.20 Å². The van der Waals surface area contributed by atoms with Crippen molar-refractivity contribution in [2.75, 3.05) is 0 Å². The van der Waals surface area contributed by atoms with Crippen LogP contribution in [0.15, 0.2) is 54.9 Å². The molecule has 0 bridgehead atoms. The van der Waals surface area contributed by atoms with E-state index in [-0.39, 0.29) is 12.5 Å². The van der Waals surface area contributed by atoms with Gasteiger partial charge < -0.3 is 9.88 Å². The van der Waals surface area contributed by atoms with Crippen molar-refractivity contribution in [3.63, 3.8) is 0 Å². The molecule has 2 aromatic heterocycles. The van der Waals surface area contributed by atoms with E-state index in [0.29, 0.717) is 11.6 Å². The topological polar surface area (TPSA) is 46.9 Å². The molecule has 0 aliphatic carbocycles. The summed E-state index contributed by atoms with van der Waals surface area (Å²) >= 11 is 6.00. The minimum Gasteiger partial charge on any atom is -0.349 e. The third-order valence-corrected chi connectivity index (χ3v) is 3.48. The molecule has 0 aliphatic rings. The van der Waals surface area contributed by atoms with Crippen molar-refractivity contribution in [3.05, 3.63) is 65.6 Å². The molecule has 0 aliphatic heterocycles. The molecular weight excluding hydrogens is 286 g/mol. The van der Waals surface area contributed by atoms with Crippen LogP contribution in [0, 0.1) is 0 Å². The van der Waals surface area contributed by atoms with Gasteiger partial charge in [0.25, 0.3) is 0 Å².